The molecule has 0 saturated carbocycles. The zero-order chi connectivity index (χ0) is 19.1. The SMILES string of the molecule is CCCc1cc(Cl)c(Oc2ccc(/C=C/[C@H](C)NC(C)=O)cn2)cc1Cl. The van der Waals surface area contributed by atoms with Crippen LogP contribution in [0.5, 0.6) is 11.6 Å². The monoisotopic (exact) mass is 392 g/mol. The van der Waals surface area contributed by atoms with Crippen molar-refractivity contribution in [2.75, 3.05) is 0 Å². The molecule has 0 aliphatic carbocycles. The van der Waals surface area contributed by atoms with Gasteiger partial charge in [-0.2, -0.15) is 0 Å². The van der Waals surface area contributed by atoms with E-state index in [0.29, 0.717) is 21.7 Å². The Morgan fingerprint density at radius 2 is 2.08 bits per heavy atom. The predicted octanol–water partition coefficient (Wildman–Crippen LogP) is 5.67. The smallest absolute Gasteiger partial charge is 0.219 e. The fourth-order valence-corrected chi connectivity index (χ4v) is 2.87. The maximum atomic E-state index is 11.0. The van der Waals surface area contributed by atoms with Crippen molar-refractivity contribution in [1.29, 1.82) is 0 Å². The number of aromatic nitrogens is 1. The summed E-state index contributed by atoms with van der Waals surface area (Å²) >= 11 is 12.6. The first-order chi connectivity index (χ1) is 12.4. The average molecular weight is 393 g/mol. The Hall–Kier alpha value is -2.04. The molecule has 0 aliphatic heterocycles. The van der Waals surface area contributed by atoms with Gasteiger partial charge in [0.05, 0.1) is 5.02 Å². The molecular weight excluding hydrogens is 371 g/mol. The van der Waals surface area contributed by atoms with Gasteiger partial charge in [0.15, 0.2) is 0 Å². The molecule has 1 aromatic carbocycles. The number of ether oxygens (including phenoxy) is 1. The molecule has 6 heteroatoms. The zero-order valence-corrected chi connectivity index (χ0v) is 16.6. The summed E-state index contributed by atoms with van der Waals surface area (Å²) in [6.45, 7) is 5.48. The summed E-state index contributed by atoms with van der Waals surface area (Å²) in [6.07, 6.45) is 7.33. The van der Waals surface area contributed by atoms with E-state index in [9.17, 15) is 4.79 Å². The lowest BCUT2D eigenvalue weighted by atomic mass is 10.1. The molecule has 26 heavy (non-hydrogen) atoms. The topological polar surface area (TPSA) is 51.2 Å². The van der Waals surface area contributed by atoms with E-state index in [2.05, 4.69) is 17.2 Å². The van der Waals surface area contributed by atoms with Crippen LogP contribution in [0.3, 0.4) is 0 Å². The van der Waals surface area contributed by atoms with Gasteiger partial charge in [0.25, 0.3) is 0 Å². The number of benzene rings is 1. The van der Waals surface area contributed by atoms with Crippen LogP contribution in [0.15, 0.2) is 36.5 Å². The fraction of sp³-hybridized carbons (Fsp3) is 0.300. The lowest BCUT2D eigenvalue weighted by molar-refractivity contribution is -0.119. The number of nitrogens with zero attached hydrogens (tertiary/aromatic N) is 1. The van der Waals surface area contributed by atoms with Gasteiger partial charge in [-0.15, -0.1) is 0 Å². The average Bonchev–Trinajstić information content (AvgIpc) is 2.58. The number of carbonyl (C=O) groups excluding carboxylic acids is 1. The highest BCUT2D eigenvalue weighted by Crippen LogP contribution is 2.34. The Labute approximate surface area is 164 Å². The molecule has 0 saturated heterocycles. The van der Waals surface area contributed by atoms with Gasteiger partial charge in [0.2, 0.25) is 11.8 Å². The number of carbonyl (C=O) groups is 1. The second-order valence-corrected chi connectivity index (χ2v) is 6.82. The molecule has 138 valence electrons. The second-order valence-electron chi connectivity index (χ2n) is 6.00. The number of amides is 1. The van der Waals surface area contributed by atoms with Gasteiger partial charge in [-0.05, 0) is 36.6 Å². The van der Waals surface area contributed by atoms with Crippen LogP contribution in [0.1, 0.15) is 38.3 Å². The molecule has 0 spiro atoms. The van der Waals surface area contributed by atoms with Crippen LogP contribution in [0, 0.1) is 0 Å². The number of rotatable bonds is 7. The maximum Gasteiger partial charge on any atom is 0.219 e. The molecule has 1 N–H and O–H groups in total. The van der Waals surface area contributed by atoms with Crippen LogP contribution in [-0.4, -0.2) is 16.9 Å². The molecule has 2 aromatic rings. The van der Waals surface area contributed by atoms with Crippen LogP contribution in [0.25, 0.3) is 6.08 Å². The number of halogens is 2. The van der Waals surface area contributed by atoms with Crippen molar-refractivity contribution in [3.05, 3.63) is 57.7 Å². The molecule has 0 aliphatic rings. The van der Waals surface area contributed by atoms with Crippen molar-refractivity contribution < 1.29 is 9.53 Å². The third kappa shape index (κ3) is 6.04. The van der Waals surface area contributed by atoms with E-state index in [1.807, 2.05) is 31.2 Å². The van der Waals surface area contributed by atoms with Crippen molar-refractivity contribution in [3.8, 4) is 11.6 Å². The lowest BCUT2D eigenvalue weighted by Crippen LogP contribution is -2.28. The fourth-order valence-electron chi connectivity index (χ4n) is 2.40. The van der Waals surface area contributed by atoms with Crippen molar-refractivity contribution in [1.82, 2.24) is 10.3 Å². The zero-order valence-electron chi connectivity index (χ0n) is 15.1. The third-order valence-corrected chi connectivity index (χ3v) is 4.25. The normalized spacial score (nSPS) is 12.2. The highest BCUT2D eigenvalue weighted by molar-refractivity contribution is 6.34. The highest BCUT2D eigenvalue weighted by Gasteiger charge is 2.09. The van der Waals surface area contributed by atoms with Gasteiger partial charge in [-0.25, -0.2) is 4.98 Å². The van der Waals surface area contributed by atoms with Crippen LogP contribution in [-0.2, 0) is 11.2 Å². The Morgan fingerprint density at radius 3 is 2.69 bits per heavy atom. The Morgan fingerprint density at radius 1 is 1.31 bits per heavy atom. The van der Waals surface area contributed by atoms with Crippen LogP contribution in [0.2, 0.25) is 10.0 Å². The molecule has 1 aromatic heterocycles. The summed E-state index contributed by atoms with van der Waals surface area (Å²) in [5.41, 5.74) is 1.91. The molecule has 2 rings (SSSR count). The van der Waals surface area contributed by atoms with Gasteiger partial charge in [-0.3, -0.25) is 4.79 Å². The molecule has 0 bridgehead atoms. The van der Waals surface area contributed by atoms with Gasteiger partial charge >= 0.3 is 0 Å². The summed E-state index contributed by atoms with van der Waals surface area (Å²) in [5, 5.41) is 3.93. The number of hydrogen-bond acceptors (Lipinski definition) is 3. The summed E-state index contributed by atoms with van der Waals surface area (Å²) in [5.74, 6) is 0.842. The van der Waals surface area contributed by atoms with E-state index >= 15 is 0 Å². The van der Waals surface area contributed by atoms with Crippen LogP contribution >= 0.6 is 23.2 Å². The maximum absolute atomic E-state index is 11.0. The van der Waals surface area contributed by atoms with E-state index < -0.39 is 0 Å². The molecular formula is C20H22Cl2N2O2. The van der Waals surface area contributed by atoms with Gasteiger partial charge in [-0.1, -0.05) is 48.7 Å². The number of aryl methyl sites for hydroxylation is 1. The first-order valence-electron chi connectivity index (χ1n) is 8.46. The van der Waals surface area contributed by atoms with Crippen molar-refractivity contribution in [2.24, 2.45) is 0 Å². The Balaban J connectivity index is 2.06. The summed E-state index contributed by atoms with van der Waals surface area (Å²) in [6, 6.07) is 7.14. The molecule has 4 nitrogen and oxygen atoms in total. The molecule has 1 heterocycles. The predicted molar refractivity (Wildman–Crippen MR) is 107 cm³/mol. The Bertz CT molecular complexity index is 789. The Kier molecular flexibility index (Phi) is 7.49. The second kappa shape index (κ2) is 9.60. The molecule has 0 radical (unpaired) electrons. The van der Waals surface area contributed by atoms with Gasteiger partial charge in [0.1, 0.15) is 5.75 Å². The number of hydrogen-bond donors (Lipinski definition) is 1. The number of nitrogens with one attached hydrogen (secondary N) is 1. The largest absolute Gasteiger partial charge is 0.437 e. The highest BCUT2D eigenvalue weighted by atomic mass is 35.5. The quantitative estimate of drug-likeness (QED) is 0.659. The lowest BCUT2D eigenvalue weighted by Gasteiger charge is -2.10. The minimum absolute atomic E-state index is 0.0500. The van der Waals surface area contributed by atoms with E-state index in [1.54, 1.807) is 18.3 Å². The standard InChI is InChI=1S/C20H22Cl2N2O2/c1-4-5-16-10-18(22)19(11-17(16)21)26-20-9-8-15(12-23-20)7-6-13(2)24-14(3)25/h6-13H,4-5H2,1-3H3,(H,24,25)/b7-6+/t13-/m0/s1. The summed E-state index contributed by atoms with van der Waals surface area (Å²) in [4.78, 5) is 15.3. The van der Waals surface area contributed by atoms with Crippen molar-refractivity contribution in [2.45, 2.75) is 39.7 Å². The molecule has 0 fully saturated rings. The first kappa shape index (κ1) is 20.3. The van der Waals surface area contributed by atoms with Crippen LogP contribution in [0.4, 0.5) is 0 Å². The molecule has 1 atom stereocenters. The minimum atomic E-state index is -0.0653. The van der Waals surface area contributed by atoms with E-state index in [0.717, 1.165) is 24.0 Å². The summed E-state index contributed by atoms with van der Waals surface area (Å²) < 4.78 is 5.75. The van der Waals surface area contributed by atoms with Crippen molar-refractivity contribution >= 4 is 35.2 Å². The molecule has 1 amide bonds. The third-order valence-electron chi connectivity index (χ3n) is 3.60. The van der Waals surface area contributed by atoms with Gasteiger partial charge in [0, 0.05) is 36.3 Å². The van der Waals surface area contributed by atoms with Crippen LogP contribution < -0.4 is 10.1 Å². The van der Waals surface area contributed by atoms with E-state index in [4.69, 9.17) is 27.9 Å². The molecule has 0 unspecified atom stereocenters. The van der Waals surface area contributed by atoms with Gasteiger partial charge < -0.3 is 10.1 Å². The van der Waals surface area contributed by atoms with E-state index in [-0.39, 0.29) is 11.9 Å². The minimum Gasteiger partial charge on any atom is -0.437 e. The first-order valence-corrected chi connectivity index (χ1v) is 9.21. The number of pyridine rings is 1. The van der Waals surface area contributed by atoms with Crippen molar-refractivity contribution in [3.63, 3.8) is 0 Å². The van der Waals surface area contributed by atoms with E-state index in [1.165, 1.54) is 6.92 Å². The summed E-state index contributed by atoms with van der Waals surface area (Å²) in [7, 11) is 0.